The third kappa shape index (κ3) is 5.60. The summed E-state index contributed by atoms with van der Waals surface area (Å²) >= 11 is 5.85. The second-order valence-corrected chi connectivity index (χ2v) is 8.23. The van der Waals surface area contributed by atoms with E-state index in [1.807, 2.05) is 13.8 Å². The van der Waals surface area contributed by atoms with E-state index in [1.54, 1.807) is 53.4 Å². The van der Waals surface area contributed by atoms with Crippen molar-refractivity contribution in [2.75, 3.05) is 18.4 Å². The van der Waals surface area contributed by atoms with Gasteiger partial charge in [0.05, 0.1) is 5.92 Å². The highest BCUT2D eigenvalue weighted by atomic mass is 35.5. The fraction of sp³-hybridized carbons (Fsp3) is 0.348. The smallest absolute Gasteiger partial charge is 0.255 e. The summed E-state index contributed by atoms with van der Waals surface area (Å²) in [5.74, 6) is -0.529. The zero-order chi connectivity index (χ0) is 21.7. The van der Waals surface area contributed by atoms with Gasteiger partial charge in [-0.1, -0.05) is 11.6 Å². The Labute approximate surface area is 181 Å². The minimum atomic E-state index is -0.249. The summed E-state index contributed by atoms with van der Waals surface area (Å²) in [5.41, 5.74) is 1.63. The van der Waals surface area contributed by atoms with Gasteiger partial charge in [-0.15, -0.1) is 0 Å². The van der Waals surface area contributed by atoms with Gasteiger partial charge in [-0.25, -0.2) is 0 Å². The van der Waals surface area contributed by atoms with E-state index < -0.39 is 0 Å². The van der Waals surface area contributed by atoms with E-state index in [1.165, 1.54) is 0 Å². The van der Waals surface area contributed by atoms with E-state index in [0.29, 0.717) is 34.9 Å². The van der Waals surface area contributed by atoms with Crippen molar-refractivity contribution in [3.63, 3.8) is 0 Å². The Balaban J connectivity index is 1.61. The molecule has 2 aromatic carbocycles. The molecule has 1 unspecified atom stereocenters. The molecular formula is C23H26ClN3O3. The number of halogens is 1. The first-order valence-corrected chi connectivity index (χ1v) is 10.5. The van der Waals surface area contributed by atoms with Gasteiger partial charge in [0.2, 0.25) is 5.91 Å². The maximum Gasteiger partial charge on any atom is 0.255 e. The van der Waals surface area contributed by atoms with Crippen LogP contribution < -0.4 is 10.6 Å². The third-order valence-corrected chi connectivity index (χ3v) is 5.26. The highest BCUT2D eigenvalue weighted by molar-refractivity contribution is 6.30. The van der Waals surface area contributed by atoms with Crippen molar-refractivity contribution in [3.05, 3.63) is 64.7 Å². The van der Waals surface area contributed by atoms with E-state index in [0.717, 1.165) is 12.8 Å². The Morgan fingerprint density at radius 3 is 2.27 bits per heavy atom. The monoisotopic (exact) mass is 427 g/mol. The maximum absolute atomic E-state index is 12.9. The summed E-state index contributed by atoms with van der Waals surface area (Å²) in [6.07, 6.45) is 1.59. The van der Waals surface area contributed by atoms with Crippen molar-refractivity contribution in [1.82, 2.24) is 10.2 Å². The molecule has 0 spiro atoms. The predicted molar refractivity (Wildman–Crippen MR) is 118 cm³/mol. The number of carbonyl (C=O) groups is 3. The Bertz CT molecular complexity index is 910. The number of hydrogen-bond donors (Lipinski definition) is 2. The molecule has 1 fully saturated rings. The van der Waals surface area contributed by atoms with Gasteiger partial charge >= 0.3 is 0 Å². The molecule has 158 valence electrons. The molecule has 3 rings (SSSR count). The van der Waals surface area contributed by atoms with Crippen molar-refractivity contribution < 1.29 is 14.4 Å². The number of nitrogens with one attached hydrogen (secondary N) is 2. The van der Waals surface area contributed by atoms with E-state index >= 15 is 0 Å². The molecule has 0 bridgehead atoms. The molecule has 0 saturated carbocycles. The lowest BCUT2D eigenvalue weighted by Crippen LogP contribution is -2.46. The number of carbonyl (C=O) groups excluding carboxylic acids is 3. The van der Waals surface area contributed by atoms with Crippen LogP contribution in [0.1, 0.15) is 47.4 Å². The van der Waals surface area contributed by atoms with Gasteiger partial charge in [0, 0.05) is 41.0 Å². The number of nitrogens with zero attached hydrogens (tertiary/aromatic N) is 1. The van der Waals surface area contributed by atoms with Crippen LogP contribution in [-0.2, 0) is 4.79 Å². The highest BCUT2D eigenvalue weighted by Crippen LogP contribution is 2.20. The molecule has 2 aromatic rings. The first-order chi connectivity index (χ1) is 14.3. The first-order valence-electron chi connectivity index (χ1n) is 10.1. The first kappa shape index (κ1) is 21.8. The molecule has 3 amide bonds. The predicted octanol–water partition coefficient (Wildman–Crippen LogP) is 3.97. The number of benzene rings is 2. The lowest BCUT2D eigenvalue weighted by molar-refractivity contribution is -0.126. The van der Waals surface area contributed by atoms with Gasteiger partial charge in [-0.3, -0.25) is 14.4 Å². The standard InChI is InChI=1S/C23H26ClN3O3/c1-15(2)25-22(29)18-4-3-13-27(14-18)23(30)17-7-11-20(12-8-17)26-21(28)16-5-9-19(24)10-6-16/h5-12,15,18H,3-4,13-14H2,1-2H3,(H,25,29)(H,26,28). The topological polar surface area (TPSA) is 78.5 Å². The molecule has 7 heteroatoms. The molecular weight excluding hydrogens is 402 g/mol. The van der Waals surface area contributed by atoms with Crippen LogP contribution in [0.2, 0.25) is 5.02 Å². The number of piperidine rings is 1. The van der Waals surface area contributed by atoms with E-state index in [4.69, 9.17) is 11.6 Å². The summed E-state index contributed by atoms with van der Waals surface area (Å²) in [6.45, 7) is 4.92. The molecule has 1 heterocycles. The zero-order valence-electron chi connectivity index (χ0n) is 17.2. The Morgan fingerprint density at radius 2 is 1.63 bits per heavy atom. The Kier molecular flexibility index (Phi) is 7.11. The van der Waals surface area contributed by atoms with E-state index in [2.05, 4.69) is 10.6 Å². The second kappa shape index (κ2) is 9.76. The van der Waals surface area contributed by atoms with Gasteiger partial charge in [-0.2, -0.15) is 0 Å². The lowest BCUT2D eigenvalue weighted by Gasteiger charge is -2.32. The van der Waals surface area contributed by atoms with Gasteiger partial charge in [0.15, 0.2) is 0 Å². The van der Waals surface area contributed by atoms with Crippen molar-refractivity contribution in [2.45, 2.75) is 32.7 Å². The highest BCUT2D eigenvalue weighted by Gasteiger charge is 2.29. The lowest BCUT2D eigenvalue weighted by atomic mass is 9.96. The van der Waals surface area contributed by atoms with Gasteiger partial charge in [0.25, 0.3) is 11.8 Å². The average Bonchev–Trinajstić information content (AvgIpc) is 2.74. The van der Waals surface area contributed by atoms with Crippen molar-refractivity contribution in [1.29, 1.82) is 0 Å². The fourth-order valence-corrected chi connectivity index (χ4v) is 3.59. The largest absolute Gasteiger partial charge is 0.354 e. The van der Waals surface area contributed by atoms with Crippen LogP contribution in [0.25, 0.3) is 0 Å². The number of likely N-dealkylation sites (tertiary alicyclic amines) is 1. The molecule has 30 heavy (non-hydrogen) atoms. The number of rotatable bonds is 5. The molecule has 1 aliphatic heterocycles. The normalized spacial score (nSPS) is 16.3. The van der Waals surface area contributed by atoms with Crippen molar-refractivity contribution in [2.24, 2.45) is 5.92 Å². The second-order valence-electron chi connectivity index (χ2n) is 7.79. The van der Waals surface area contributed by atoms with Crippen LogP contribution in [-0.4, -0.2) is 41.8 Å². The molecule has 1 saturated heterocycles. The summed E-state index contributed by atoms with van der Waals surface area (Å²) in [6, 6.07) is 13.5. The van der Waals surface area contributed by atoms with Crippen LogP contribution in [0.15, 0.2) is 48.5 Å². The molecule has 0 aliphatic carbocycles. The van der Waals surface area contributed by atoms with E-state index in [-0.39, 0.29) is 29.7 Å². The van der Waals surface area contributed by atoms with Gasteiger partial charge in [-0.05, 0) is 75.2 Å². The zero-order valence-corrected chi connectivity index (χ0v) is 17.9. The molecule has 2 N–H and O–H groups in total. The van der Waals surface area contributed by atoms with Gasteiger partial charge in [0.1, 0.15) is 0 Å². The minimum absolute atomic E-state index is 0.00256. The number of anilines is 1. The van der Waals surface area contributed by atoms with Crippen molar-refractivity contribution in [3.8, 4) is 0 Å². The summed E-state index contributed by atoms with van der Waals surface area (Å²) in [5, 5.41) is 6.30. The molecule has 1 aliphatic rings. The maximum atomic E-state index is 12.9. The minimum Gasteiger partial charge on any atom is -0.354 e. The molecule has 1 atom stereocenters. The average molecular weight is 428 g/mol. The summed E-state index contributed by atoms with van der Waals surface area (Å²) < 4.78 is 0. The van der Waals surface area contributed by atoms with Gasteiger partial charge < -0.3 is 15.5 Å². The van der Waals surface area contributed by atoms with Crippen LogP contribution in [0.5, 0.6) is 0 Å². The third-order valence-electron chi connectivity index (χ3n) is 5.01. The van der Waals surface area contributed by atoms with Crippen LogP contribution in [0.4, 0.5) is 5.69 Å². The Hall–Kier alpha value is -2.86. The number of hydrogen-bond acceptors (Lipinski definition) is 3. The molecule has 6 nitrogen and oxygen atoms in total. The summed E-state index contributed by atoms with van der Waals surface area (Å²) in [4.78, 5) is 39.2. The van der Waals surface area contributed by atoms with Crippen LogP contribution in [0, 0.1) is 5.92 Å². The van der Waals surface area contributed by atoms with Crippen LogP contribution >= 0.6 is 11.6 Å². The quantitative estimate of drug-likeness (QED) is 0.757. The molecule has 0 aromatic heterocycles. The van der Waals surface area contributed by atoms with E-state index in [9.17, 15) is 14.4 Å². The Morgan fingerprint density at radius 1 is 1.00 bits per heavy atom. The van der Waals surface area contributed by atoms with Crippen molar-refractivity contribution >= 4 is 35.0 Å². The SMILES string of the molecule is CC(C)NC(=O)C1CCCN(C(=O)c2ccc(NC(=O)c3ccc(Cl)cc3)cc2)C1. The number of amides is 3. The van der Waals surface area contributed by atoms with Crippen LogP contribution in [0.3, 0.4) is 0 Å². The summed E-state index contributed by atoms with van der Waals surface area (Å²) in [7, 11) is 0. The molecule has 0 radical (unpaired) electrons. The fourth-order valence-electron chi connectivity index (χ4n) is 3.46.